The minimum Gasteiger partial charge on any atom is -0.390 e. The summed E-state index contributed by atoms with van der Waals surface area (Å²) in [7, 11) is 0. The van der Waals surface area contributed by atoms with Gasteiger partial charge in [0, 0.05) is 22.7 Å². The van der Waals surface area contributed by atoms with E-state index < -0.39 is 5.60 Å². The molecular formula is C25H27NO3. The second kappa shape index (κ2) is 6.81. The number of carbonyl (C=O) groups is 2. The first-order chi connectivity index (χ1) is 13.9. The molecular weight excluding hydrogens is 362 g/mol. The van der Waals surface area contributed by atoms with Crippen molar-refractivity contribution in [3.63, 3.8) is 0 Å². The van der Waals surface area contributed by atoms with Crippen LogP contribution in [0, 0.1) is 24.7 Å². The van der Waals surface area contributed by atoms with Crippen molar-refractivity contribution in [3.8, 4) is 0 Å². The third-order valence-corrected chi connectivity index (χ3v) is 7.40. The van der Waals surface area contributed by atoms with E-state index in [1.54, 1.807) is 30.3 Å². The lowest BCUT2D eigenvalue weighted by atomic mass is 9.52. The van der Waals surface area contributed by atoms with Crippen LogP contribution in [0.5, 0.6) is 0 Å². The maximum atomic E-state index is 13.2. The van der Waals surface area contributed by atoms with Gasteiger partial charge in [-0.2, -0.15) is 0 Å². The van der Waals surface area contributed by atoms with Gasteiger partial charge in [-0.15, -0.1) is 0 Å². The van der Waals surface area contributed by atoms with Gasteiger partial charge < -0.3 is 10.4 Å². The van der Waals surface area contributed by atoms with E-state index in [-0.39, 0.29) is 17.7 Å². The lowest BCUT2D eigenvalue weighted by Crippen LogP contribution is -2.61. The van der Waals surface area contributed by atoms with E-state index in [0.29, 0.717) is 34.4 Å². The zero-order valence-electron chi connectivity index (χ0n) is 16.7. The van der Waals surface area contributed by atoms with Crippen LogP contribution in [0.1, 0.15) is 63.9 Å². The van der Waals surface area contributed by atoms with E-state index in [9.17, 15) is 14.7 Å². The van der Waals surface area contributed by atoms with Crippen LogP contribution in [-0.4, -0.2) is 28.4 Å². The molecule has 0 aromatic heterocycles. The molecule has 0 heterocycles. The molecule has 29 heavy (non-hydrogen) atoms. The van der Waals surface area contributed by atoms with Crippen LogP contribution in [0.4, 0.5) is 0 Å². The number of rotatable bonds is 4. The van der Waals surface area contributed by atoms with Crippen molar-refractivity contribution in [2.45, 2.75) is 50.7 Å². The van der Waals surface area contributed by atoms with Gasteiger partial charge in [0.15, 0.2) is 5.78 Å². The third kappa shape index (κ3) is 3.20. The largest absolute Gasteiger partial charge is 0.390 e. The number of benzene rings is 2. The fourth-order valence-corrected chi connectivity index (χ4v) is 6.32. The van der Waals surface area contributed by atoms with Crippen LogP contribution in [-0.2, 0) is 0 Å². The van der Waals surface area contributed by atoms with Crippen LogP contribution >= 0.6 is 0 Å². The van der Waals surface area contributed by atoms with Crippen molar-refractivity contribution in [2.24, 2.45) is 17.8 Å². The summed E-state index contributed by atoms with van der Waals surface area (Å²) in [6, 6.07) is 14.7. The molecule has 0 radical (unpaired) electrons. The number of aliphatic hydroxyl groups is 1. The van der Waals surface area contributed by atoms with Gasteiger partial charge in [-0.3, -0.25) is 9.59 Å². The quantitative estimate of drug-likeness (QED) is 0.780. The molecule has 0 aliphatic heterocycles. The fraction of sp³-hybridized carbons (Fsp3) is 0.440. The van der Waals surface area contributed by atoms with Gasteiger partial charge in [-0.25, -0.2) is 0 Å². The molecule has 4 bridgehead atoms. The van der Waals surface area contributed by atoms with Crippen molar-refractivity contribution < 1.29 is 14.7 Å². The molecule has 0 spiro atoms. The summed E-state index contributed by atoms with van der Waals surface area (Å²) in [6.07, 6.45) is 4.75. The Morgan fingerprint density at radius 1 is 0.931 bits per heavy atom. The molecule has 4 aliphatic rings. The summed E-state index contributed by atoms with van der Waals surface area (Å²) in [6.45, 7) is 1.85. The summed E-state index contributed by atoms with van der Waals surface area (Å²) in [5, 5.41) is 14.1. The van der Waals surface area contributed by atoms with Crippen molar-refractivity contribution in [2.75, 3.05) is 0 Å². The normalized spacial score (nSPS) is 32.2. The van der Waals surface area contributed by atoms with E-state index in [0.717, 1.165) is 37.7 Å². The molecule has 6 rings (SSSR count). The topological polar surface area (TPSA) is 66.4 Å². The predicted molar refractivity (Wildman–Crippen MR) is 111 cm³/mol. The van der Waals surface area contributed by atoms with Crippen molar-refractivity contribution in [1.29, 1.82) is 0 Å². The number of amides is 1. The Labute approximate surface area is 171 Å². The van der Waals surface area contributed by atoms with Crippen LogP contribution in [0.25, 0.3) is 0 Å². The van der Waals surface area contributed by atoms with Gasteiger partial charge in [0.25, 0.3) is 5.91 Å². The Morgan fingerprint density at radius 2 is 1.59 bits per heavy atom. The van der Waals surface area contributed by atoms with Crippen molar-refractivity contribution in [3.05, 3.63) is 70.8 Å². The van der Waals surface area contributed by atoms with Crippen LogP contribution < -0.4 is 5.32 Å². The predicted octanol–water partition coefficient (Wildman–Crippen LogP) is 3.90. The SMILES string of the molecule is Cc1c(C(=O)N[C@H]2C3CC4CC2C[C@](O)(C4)C3)cccc1C(=O)c1ccccc1. The molecule has 4 heteroatoms. The van der Waals surface area contributed by atoms with Crippen molar-refractivity contribution >= 4 is 11.7 Å². The second-order valence-corrected chi connectivity index (χ2v) is 9.37. The van der Waals surface area contributed by atoms with Crippen LogP contribution in [0.15, 0.2) is 48.5 Å². The lowest BCUT2D eigenvalue weighted by molar-refractivity contribution is -0.136. The zero-order chi connectivity index (χ0) is 20.2. The van der Waals surface area contributed by atoms with Gasteiger partial charge in [-0.05, 0) is 68.4 Å². The summed E-state index contributed by atoms with van der Waals surface area (Å²) >= 11 is 0. The van der Waals surface area contributed by atoms with Crippen molar-refractivity contribution in [1.82, 2.24) is 5.32 Å². The molecule has 2 N–H and O–H groups in total. The maximum absolute atomic E-state index is 13.2. The monoisotopic (exact) mass is 389 g/mol. The average molecular weight is 389 g/mol. The molecule has 1 amide bonds. The molecule has 4 fully saturated rings. The van der Waals surface area contributed by atoms with Crippen LogP contribution in [0.2, 0.25) is 0 Å². The third-order valence-electron chi connectivity index (χ3n) is 7.40. The van der Waals surface area contributed by atoms with Crippen LogP contribution in [0.3, 0.4) is 0 Å². The Hall–Kier alpha value is -2.46. The second-order valence-electron chi connectivity index (χ2n) is 9.37. The summed E-state index contributed by atoms with van der Waals surface area (Å²) in [5.41, 5.74) is 1.99. The number of carbonyl (C=O) groups excluding carboxylic acids is 2. The summed E-state index contributed by atoms with van der Waals surface area (Å²) < 4.78 is 0. The van der Waals surface area contributed by atoms with Gasteiger partial charge >= 0.3 is 0 Å². The first kappa shape index (κ1) is 18.6. The number of nitrogens with one attached hydrogen (secondary N) is 1. The van der Waals surface area contributed by atoms with E-state index in [2.05, 4.69) is 5.32 Å². The highest BCUT2D eigenvalue weighted by molar-refractivity contribution is 6.11. The smallest absolute Gasteiger partial charge is 0.251 e. The molecule has 4 aliphatic carbocycles. The van der Waals surface area contributed by atoms with Gasteiger partial charge in [0.05, 0.1) is 5.60 Å². The molecule has 2 atom stereocenters. The molecule has 2 unspecified atom stereocenters. The highest BCUT2D eigenvalue weighted by Gasteiger charge is 2.55. The molecule has 2 aromatic carbocycles. The highest BCUT2D eigenvalue weighted by Crippen LogP contribution is 2.55. The fourth-order valence-electron chi connectivity index (χ4n) is 6.32. The van der Waals surface area contributed by atoms with Gasteiger partial charge in [0.1, 0.15) is 0 Å². The Balaban J connectivity index is 1.38. The molecule has 4 saturated carbocycles. The van der Waals surface area contributed by atoms with E-state index in [4.69, 9.17) is 0 Å². The molecule has 2 aromatic rings. The Morgan fingerprint density at radius 3 is 2.24 bits per heavy atom. The van der Waals surface area contributed by atoms with Gasteiger partial charge in [-0.1, -0.05) is 42.5 Å². The average Bonchev–Trinajstić information content (AvgIpc) is 2.69. The van der Waals surface area contributed by atoms with E-state index >= 15 is 0 Å². The standard InChI is InChI=1S/C25H27NO3/c1-15-20(23(27)17-6-3-2-4-7-17)8-5-9-21(15)24(28)26-22-18-10-16-11-19(22)14-25(29,12-16)13-18/h2-9,16,18-19,22,29H,10-14H2,1H3,(H,26,28)/t16?,18?,19?,22-,25-. The lowest BCUT2D eigenvalue weighted by Gasteiger charge is -2.58. The molecule has 4 nitrogen and oxygen atoms in total. The number of ketones is 1. The number of hydrogen-bond acceptors (Lipinski definition) is 3. The zero-order valence-corrected chi connectivity index (χ0v) is 16.7. The molecule has 150 valence electrons. The summed E-state index contributed by atoms with van der Waals surface area (Å²) in [4.78, 5) is 26.1. The Bertz CT molecular complexity index is 951. The minimum absolute atomic E-state index is 0.0606. The van der Waals surface area contributed by atoms with Gasteiger partial charge in [0.2, 0.25) is 0 Å². The minimum atomic E-state index is -0.504. The first-order valence-corrected chi connectivity index (χ1v) is 10.7. The first-order valence-electron chi connectivity index (χ1n) is 10.7. The Kier molecular flexibility index (Phi) is 4.36. The maximum Gasteiger partial charge on any atom is 0.251 e. The van der Waals surface area contributed by atoms with E-state index in [1.807, 2.05) is 25.1 Å². The summed E-state index contributed by atoms with van der Waals surface area (Å²) in [5.74, 6) is 1.18. The highest BCUT2D eigenvalue weighted by atomic mass is 16.3. The number of hydrogen-bond donors (Lipinski definition) is 2. The van der Waals surface area contributed by atoms with E-state index in [1.165, 1.54) is 0 Å². The molecule has 0 saturated heterocycles.